The Bertz CT molecular complexity index is 730. The van der Waals surface area contributed by atoms with Gasteiger partial charge in [0, 0.05) is 30.4 Å². The van der Waals surface area contributed by atoms with Crippen LogP contribution in [0.25, 0.3) is 22.3 Å². The number of hydrogen-bond donors (Lipinski definition) is 0. The van der Waals surface area contributed by atoms with Crippen molar-refractivity contribution in [3.63, 3.8) is 0 Å². The Morgan fingerprint density at radius 1 is 1.25 bits per heavy atom. The van der Waals surface area contributed by atoms with Crippen molar-refractivity contribution in [2.24, 2.45) is 7.05 Å². The van der Waals surface area contributed by atoms with Crippen molar-refractivity contribution in [2.75, 3.05) is 0 Å². The molecule has 0 aliphatic heterocycles. The first-order valence-electron chi connectivity index (χ1n) is 6.30. The predicted molar refractivity (Wildman–Crippen MR) is 80.1 cm³/mol. The molecule has 3 aromatic rings. The third-order valence-corrected chi connectivity index (χ3v) is 2.64. The number of allylic oxidation sites excluding steroid dienone is 1. The highest BCUT2D eigenvalue weighted by Crippen LogP contribution is 2.20. The number of fused-ring (bicyclic) bond motifs is 1. The smallest absolute Gasteiger partial charge is 0.157 e. The van der Waals surface area contributed by atoms with Gasteiger partial charge in [0.25, 0.3) is 0 Å². The first-order chi connectivity index (χ1) is 9.65. The van der Waals surface area contributed by atoms with Crippen LogP contribution in [-0.4, -0.2) is 24.7 Å². The van der Waals surface area contributed by atoms with E-state index >= 15 is 0 Å². The maximum absolute atomic E-state index is 4.39. The second-order valence-corrected chi connectivity index (χ2v) is 4.30. The van der Waals surface area contributed by atoms with Gasteiger partial charge in [0.05, 0.1) is 11.9 Å². The molecule has 0 spiro atoms. The lowest BCUT2D eigenvalue weighted by Gasteiger charge is -2.01. The number of hydrogen-bond acceptors (Lipinski definition) is 4. The fraction of sp³-hybridized carbons (Fsp3) is 0.200. The molecule has 0 N–H and O–H groups in total. The summed E-state index contributed by atoms with van der Waals surface area (Å²) in [5.74, 6) is 0.758. The van der Waals surface area contributed by atoms with Crippen LogP contribution < -0.4 is 0 Å². The van der Waals surface area contributed by atoms with Gasteiger partial charge in [-0.15, -0.1) is 6.58 Å². The first-order valence-corrected chi connectivity index (χ1v) is 6.30. The molecule has 0 saturated heterocycles. The van der Waals surface area contributed by atoms with Crippen molar-refractivity contribution in [1.29, 1.82) is 0 Å². The molecular formula is C15H17N5. The van der Waals surface area contributed by atoms with Crippen LogP contribution in [0, 0.1) is 6.92 Å². The Balaban J connectivity index is 0.000000452. The average Bonchev–Trinajstić information content (AvgIpc) is 2.81. The molecule has 0 fully saturated rings. The Kier molecular flexibility index (Phi) is 4.20. The number of pyridine rings is 1. The lowest BCUT2D eigenvalue weighted by atomic mass is 10.2. The molecule has 3 heterocycles. The third kappa shape index (κ3) is 2.88. The van der Waals surface area contributed by atoms with Gasteiger partial charge in [0.1, 0.15) is 5.82 Å². The summed E-state index contributed by atoms with van der Waals surface area (Å²) in [5, 5.41) is 5.18. The minimum absolute atomic E-state index is 0.758. The molecular weight excluding hydrogens is 250 g/mol. The highest BCUT2D eigenvalue weighted by Gasteiger charge is 2.05. The van der Waals surface area contributed by atoms with E-state index in [-0.39, 0.29) is 0 Å². The lowest BCUT2D eigenvalue weighted by Crippen LogP contribution is -1.93. The summed E-state index contributed by atoms with van der Waals surface area (Å²) in [6, 6.07) is 3.92. The topological polar surface area (TPSA) is 56.5 Å². The second kappa shape index (κ2) is 6.06. The fourth-order valence-corrected chi connectivity index (χ4v) is 1.80. The van der Waals surface area contributed by atoms with Crippen molar-refractivity contribution < 1.29 is 0 Å². The van der Waals surface area contributed by atoms with Gasteiger partial charge < -0.3 is 0 Å². The van der Waals surface area contributed by atoms with Gasteiger partial charge in [-0.1, -0.05) is 6.08 Å². The molecule has 102 valence electrons. The predicted octanol–water partition coefficient (Wildman–Crippen LogP) is 2.93. The third-order valence-electron chi connectivity index (χ3n) is 2.64. The molecule has 0 atom stereocenters. The summed E-state index contributed by atoms with van der Waals surface area (Å²) in [5.41, 5.74) is 2.74. The van der Waals surface area contributed by atoms with E-state index in [1.165, 1.54) is 0 Å². The molecule has 0 amide bonds. The van der Waals surface area contributed by atoms with Crippen molar-refractivity contribution in [3.8, 4) is 11.3 Å². The van der Waals surface area contributed by atoms with Crippen molar-refractivity contribution >= 4 is 11.0 Å². The lowest BCUT2D eigenvalue weighted by molar-refractivity contribution is 0.786. The minimum atomic E-state index is 0.758. The van der Waals surface area contributed by atoms with E-state index in [1.807, 2.05) is 39.2 Å². The number of aryl methyl sites for hydroxylation is 2. The monoisotopic (exact) mass is 267 g/mol. The minimum Gasteiger partial charge on any atom is -0.250 e. The maximum atomic E-state index is 4.39. The number of aromatic nitrogens is 5. The Morgan fingerprint density at radius 3 is 2.70 bits per heavy atom. The van der Waals surface area contributed by atoms with Crippen LogP contribution in [0.5, 0.6) is 0 Å². The van der Waals surface area contributed by atoms with Crippen LogP contribution in [-0.2, 0) is 7.05 Å². The van der Waals surface area contributed by atoms with Gasteiger partial charge in [0.15, 0.2) is 5.65 Å². The van der Waals surface area contributed by atoms with Gasteiger partial charge in [-0.25, -0.2) is 15.0 Å². The van der Waals surface area contributed by atoms with Gasteiger partial charge in [-0.05, 0) is 26.0 Å². The van der Waals surface area contributed by atoms with Gasteiger partial charge >= 0.3 is 0 Å². The van der Waals surface area contributed by atoms with E-state index in [9.17, 15) is 0 Å². The summed E-state index contributed by atoms with van der Waals surface area (Å²) < 4.78 is 1.75. The molecule has 0 saturated carbocycles. The molecule has 3 aromatic heterocycles. The maximum Gasteiger partial charge on any atom is 0.157 e. The van der Waals surface area contributed by atoms with Crippen molar-refractivity contribution in [3.05, 3.63) is 49.2 Å². The molecule has 5 nitrogen and oxygen atoms in total. The van der Waals surface area contributed by atoms with Crippen LogP contribution in [0.15, 0.2) is 43.4 Å². The Hall–Kier alpha value is -2.56. The van der Waals surface area contributed by atoms with Gasteiger partial charge in [-0.2, -0.15) is 5.10 Å². The van der Waals surface area contributed by atoms with E-state index in [0.29, 0.717) is 0 Å². The summed E-state index contributed by atoms with van der Waals surface area (Å²) in [4.78, 5) is 12.8. The molecule has 0 unspecified atom stereocenters. The molecule has 20 heavy (non-hydrogen) atoms. The standard InChI is InChI=1S/C12H11N5.C3H6/c1-8-13-4-3-11(16-8)9-5-10-7-15-17(2)12(10)14-6-9;1-3-2/h3-7H,1-2H3;3H,1H2,2H3. The highest BCUT2D eigenvalue weighted by atomic mass is 15.3. The molecule has 0 aliphatic carbocycles. The molecule has 0 aromatic carbocycles. The zero-order valence-corrected chi connectivity index (χ0v) is 11.9. The summed E-state index contributed by atoms with van der Waals surface area (Å²) in [6.45, 7) is 7.12. The fourth-order valence-electron chi connectivity index (χ4n) is 1.80. The summed E-state index contributed by atoms with van der Waals surface area (Å²) >= 11 is 0. The summed E-state index contributed by atoms with van der Waals surface area (Å²) in [6.07, 6.45) is 7.12. The zero-order chi connectivity index (χ0) is 14.5. The van der Waals surface area contributed by atoms with Crippen LogP contribution in [0.1, 0.15) is 12.7 Å². The van der Waals surface area contributed by atoms with E-state index in [1.54, 1.807) is 23.2 Å². The van der Waals surface area contributed by atoms with Gasteiger partial charge in [-0.3, -0.25) is 4.68 Å². The molecule has 3 rings (SSSR count). The van der Waals surface area contributed by atoms with Crippen LogP contribution in [0.4, 0.5) is 0 Å². The van der Waals surface area contributed by atoms with Crippen molar-refractivity contribution in [1.82, 2.24) is 24.7 Å². The number of nitrogens with zero attached hydrogens (tertiary/aromatic N) is 5. The molecule has 0 aliphatic rings. The molecule has 0 bridgehead atoms. The molecule has 5 heteroatoms. The highest BCUT2D eigenvalue weighted by molar-refractivity contribution is 5.79. The first kappa shape index (κ1) is 13.9. The Morgan fingerprint density at radius 2 is 2.00 bits per heavy atom. The van der Waals surface area contributed by atoms with Crippen LogP contribution >= 0.6 is 0 Å². The van der Waals surface area contributed by atoms with E-state index < -0.39 is 0 Å². The van der Waals surface area contributed by atoms with E-state index in [4.69, 9.17) is 0 Å². The largest absolute Gasteiger partial charge is 0.250 e. The van der Waals surface area contributed by atoms with Crippen LogP contribution in [0.2, 0.25) is 0 Å². The quantitative estimate of drug-likeness (QED) is 0.636. The summed E-state index contributed by atoms with van der Waals surface area (Å²) in [7, 11) is 1.88. The van der Waals surface area contributed by atoms with Gasteiger partial charge in [0.2, 0.25) is 0 Å². The Labute approximate surface area is 118 Å². The average molecular weight is 267 g/mol. The van der Waals surface area contributed by atoms with E-state index in [0.717, 1.165) is 28.1 Å². The molecule has 0 radical (unpaired) electrons. The van der Waals surface area contributed by atoms with E-state index in [2.05, 4.69) is 26.6 Å². The number of rotatable bonds is 1. The SMILES string of the molecule is C=CC.Cc1nccc(-c2cnc3c(cnn3C)c2)n1. The normalized spacial score (nSPS) is 9.95. The zero-order valence-electron chi connectivity index (χ0n) is 11.9. The second-order valence-electron chi connectivity index (χ2n) is 4.30. The van der Waals surface area contributed by atoms with Crippen molar-refractivity contribution in [2.45, 2.75) is 13.8 Å². The van der Waals surface area contributed by atoms with Crippen LogP contribution in [0.3, 0.4) is 0 Å².